The molecule has 2 aromatic heterocycles. The Hall–Kier alpha value is -3.40. The zero-order chi connectivity index (χ0) is 26.7. The minimum absolute atomic E-state index is 0.216. The van der Waals surface area contributed by atoms with Gasteiger partial charge in [-0.25, -0.2) is 9.67 Å². The molecule has 0 unspecified atom stereocenters. The molecule has 0 saturated carbocycles. The second kappa shape index (κ2) is 11.3. The molecule has 4 rings (SSSR count). The minimum Gasteiger partial charge on any atom is -0.497 e. The van der Waals surface area contributed by atoms with Crippen molar-refractivity contribution in [2.75, 3.05) is 34.3 Å². The van der Waals surface area contributed by atoms with E-state index in [1.807, 2.05) is 50.2 Å². The second-order valence-electron chi connectivity index (χ2n) is 8.80. The molecule has 0 bridgehead atoms. The lowest BCUT2D eigenvalue weighted by molar-refractivity contribution is 0.0951. The largest absolute Gasteiger partial charge is 0.497 e. The highest BCUT2D eigenvalue weighted by Crippen LogP contribution is 2.32. The number of hydrogen-bond acceptors (Lipinski definition) is 6. The van der Waals surface area contributed by atoms with Crippen molar-refractivity contribution >= 4 is 40.1 Å². The molecule has 2 heterocycles. The average Bonchev–Trinajstić information content (AvgIpc) is 3.22. The standard InChI is InChI=1S/C26H28Cl2N6O3/c1-5-20-22-24(30-21(31-26(22)36)12-15-7-6-8-17(11-15)37-4)34(32-20)23-18(27)13-16(14-19(23)28)25(35)29-9-10-33(2)3/h6-8,11,13-14H,5,9-10,12H2,1-4H3,(H,29,35)(H,30,31,36). The number of nitrogens with zero attached hydrogens (tertiary/aromatic N) is 4. The van der Waals surface area contributed by atoms with E-state index in [0.29, 0.717) is 65.5 Å². The number of ether oxygens (including phenoxy) is 1. The Morgan fingerprint density at radius 3 is 2.57 bits per heavy atom. The number of H-pyrrole nitrogens is 1. The molecule has 11 heteroatoms. The normalized spacial score (nSPS) is 11.3. The smallest absolute Gasteiger partial charge is 0.262 e. The number of aromatic amines is 1. The van der Waals surface area contributed by atoms with Gasteiger partial charge < -0.3 is 19.9 Å². The van der Waals surface area contributed by atoms with Crippen LogP contribution < -0.4 is 15.6 Å². The molecular weight excluding hydrogens is 515 g/mol. The lowest BCUT2D eigenvalue weighted by Crippen LogP contribution is -2.31. The first-order chi connectivity index (χ1) is 17.7. The Morgan fingerprint density at radius 2 is 1.92 bits per heavy atom. The Bertz CT molecular complexity index is 1490. The van der Waals surface area contributed by atoms with Crippen LogP contribution in [-0.4, -0.2) is 64.9 Å². The second-order valence-corrected chi connectivity index (χ2v) is 9.61. The molecule has 0 aliphatic rings. The highest BCUT2D eigenvalue weighted by molar-refractivity contribution is 6.38. The van der Waals surface area contributed by atoms with E-state index in [4.69, 9.17) is 32.9 Å². The minimum atomic E-state index is -0.296. The first kappa shape index (κ1) is 26.7. The fourth-order valence-corrected chi connectivity index (χ4v) is 4.64. The van der Waals surface area contributed by atoms with Crippen LogP contribution in [0.4, 0.5) is 0 Å². The molecule has 0 spiro atoms. The predicted molar refractivity (Wildman–Crippen MR) is 146 cm³/mol. The van der Waals surface area contributed by atoms with Crippen molar-refractivity contribution in [3.8, 4) is 11.4 Å². The van der Waals surface area contributed by atoms with Crippen LogP contribution in [0.15, 0.2) is 41.2 Å². The number of carbonyl (C=O) groups is 1. The summed E-state index contributed by atoms with van der Waals surface area (Å²) in [5.41, 5.74) is 2.21. The summed E-state index contributed by atoms with van der Waals surface area (Å²) in [5, 5.41) is 8.27. The van der Waals surface area contributed by atoms with E-state index in [9.17, 15) is 9.59 Å². The van der Waals surface area contributed by atoms with Crippen molar-refractivity contribution in [3.05, 3.63) is 79.4 Å². The van der Waals surface area contributed by atoms with Crippen LogP contribution in [0, 0.1) is 0 Å². The van der Waals surface area contributed by atoms with Gasteiger partial charge in [0.1, 0.15) is 22.6 Å². The van der Waals surface area contributed by atoms with E-state index in [2.05, 4.69) is 15.4 Å². The first-order valence-corrected chi connectivity index (χ1v) is 12.5. The number of carbonyl (C=O) groups excluding carboxylic acids is 1. The number of likely N-dealkylation sites (N-methyl/N-ethyl adjacent to an activating group) is 1. The molecule has 0 aliphatic heterocycles. The van der Waals surface area contributed by atoms with Gasteiger partial charge in [-0.1, -0.05) is 42.3 Å². The molecule has 1 amide bonds. The summed E-state index contributed by atoms with van der Waals surface area (Å²) in [5.74, 6) is 0.884. The van der Waals surface area contributed by atoms with Crippen molar-refractivity contribution < 1.29 is 9.53 Å². The number of methoxy groups -OCH3 is 1. The van der Waals surface area contributed by atoms with Gasteiger partial charge in [0.2, 0.25) is 0 Å². The van der Waals surface area contributed by atoms with Crippen molar-refractivity contribution in [1.82, 2.24) is 30.0 Å². The van der Waals surface area contributed by atoms with E-state index in [1.54, 1.807) is 7.11 Å². The molecule has 2 N–H and O–H groups in total. The number of rotatable bonds is 9. The summed E-state index contributed by atoms with van der Waals surface area (Å²) in [6.07, 6.45) is 0.883. The summed E-state index contributed by atoms with van der Waals surface area (Å²) in [6, 6.07) is 10.6. The van der Waals surface area contributed by atoms with Gasteiger partial charge >= 0.3 is 0 Å². The number of halogens is 2. The Balaban J connectivity index is 1.76. The molecule has 0 radical (unpaired) electrons. The van der Waals surface area contributed by atoms with Crippen LogP contribution >= 0.6 is 23.2 Å². The van der Waals surface area contributed by atoms with E-state index in [1.165, 1.54) is 16.8 Å². The summed E-state index contributed by atoms with van der Waals surface area (Å²) < 4.78 is 6.78. The fraction of sp³-hybridized carbons (Fsp3) is 0.308. The number of hydrogen-bond donors (Lipinski definition) is 2. The molecule has 4 aromatic rings. The number of aromatic nitrogens is 4. The summed E-state index contributed by atoms with van der Waals surface area (Å²) in [6.45, 7) is 3.08. The Labute approximate surface area is 224 Å². The zero-order valence-corrected chi connectivity index (χ0v) is 22.6. The van der Waals surface area contributed by atoms with E-state index >= 15 is 0 Å². The molecule has 0 fully saturated rings. The van der Waals surface area contributed by atoms with Gasteiger partial charge in [-0.3, -0.25) is 9.59 Å². The van der Waals surface area contributed by atoms with Crippen molar-refractivity contribution in [3.63, 3.8) is 0 Å². The van der Waals surface area contributed by atoms with Crippen LogP contribution in [-0.2, 0) is 12.8 Å². The van der Waals surface area contributed by atoms with Crippen LogP contribution in [0.2, 0.25) is 10.0 Å². The molecule has 194 valence electrons. The summed E-state index contributed by atoms with van der Waals surface area (Å²) in [4.78, 5) is 35.3. The molecule has 2 aromatic carbocycles. The molecule has 0 saturated heterocycles. The monoisotopic (exact) mass is 542 g/mol. The zero-order valence-electron chi connectivity index (χ0n) is 21.1. The third-order valence-corrected chi connectivity index (χ3v) is 6.41. The molecule has 37 heavy (non-hydrogen) atoms. The average molecular weight is 543 g/mol. The van der Waals surface area contributed by atoms with Gasteiger partial charge in [-0.15, -0.1) is 0 Å². The van der Waals surface area contributed by atoms with Crippen LogP contribution in [0.1, 0.15) is 34.4 Å². The maximum absolute atomic E-state index is 13.1. The van der Waals surface area contributed by atoms with Gasteiger partial charge in [-0.05, 0) is 50.3 Å². The number of nitrogens with one attached hydrogen (secondary N) is 2. The highest BCUT2D eigenvalue weighted by Gasteiger charge is 2.22. The van der Waals surface area contributed by atoms with Crippen LogP contribution in [0.3, 0.4) is 0 Å². The van der Waals surface area contributed by atoms with Gasteiger partial charge in [0.05, 0.1) is 22.8 Å². The van der Waals surface area contributed by atoms with E-state index in [0.717, 1.165) is 5.56 Å². The van der Waals surface area contributed by atoms with Gasteiger partial charge in [0.25, 0.3) is 11.5 Å². The molecular formula is C26H28Cl2N6O3. The Kier molecular flexibility index (Phi) is 8.16. The van der Waals surface area contributed by atoms with E-state index < -0.39 is 0 Å². The predicted octanol–water partition coefficient (Wildman–Crippen LogP) is 3.87. The van der Waals surface area contributed by atoms with Crippen molar-refractivity contribution in [1.29, 1.82) is 0 Å². The number of fused-ring (bicyclic) bond motifs is 1. The molecule has 0 aliphatic carbocycles. The van der Waals surface area contributed by atoms with E-state index in [-0.39, 0.29) is 21.5 Å². The first-order valence-electron chi connectivity index (χ1n) is 11.8. The number of amides is 1. The number of benzene rings is 2. The summed E-state index contributed by atoms with van der Waals surface area (Å²) in [7, 11) is 5.45. The molecule has 0 atom stereocenters. The SMILES string of the molecule is CCc1nn(-c2c(Cl)cc(C(=O)NCCN(C)C)cc2Cl)c2nc(Cc3cccc(OC)c3)[nH]c(=O)c12. The van der Waals surface area contributed by atoms with Gasteiger partial charge in [-0.2, -0.15) is 5.10 Å². The number of aryl methyl sites for hydroxylation is 1. The maximum Gasteiger partial charge on any atom is 0.262 e. The van der Waals surface area contributed by atoms with Gasteiger partial charge in [0, 0.05) is 25.1 Å². The topological polar surface area (TPSA) is 105 Å². The third-order valence-electron chi connectivity index (χ3n) is 5.84. The quantitative estimate of drug-likeness (QED) is 0.332. The maximum atomic E-state index is 13.1. The molecule has 9 nitrogen and oxygen atoms in total. The highest BCUT2D eigenvalue weighted by atomic mass is 35.5. The summed E-state index contributed by atoms with van der Waals surface area (Å²) >= 11 is 13.3. The van der Waals surface area contributed by atoms with Crippen molar-refractivity contribution in [2.45, 2.75) is 19.8 Å². The lowest BCUT2D eigenvalue weighted by Gasteiger charge is -2.13. The van der Waals surface area contributed by atoms with Gasteiger partial charge in [0.15, 0.2) is 5.65 Å². The van der Waals surface area contributed by atoms with Crippen molar-refractivity contribution in [2.24, 2.45) is 0 Å². The van der Waals surface area contributed by atoms with Crippen LogP contribution in [0.25, 0.3) is 16.7 Å². The fourth-order valence-electron chi connectivity index (χ4n) is 4.00. The third kappa shape index (κ3) is 5.79. The van der Waals surface area contributed by atoms with Crippen LogP contribution in [0.5, 0.6) is 5.75 Å². The lowest BCUT2D eigenvalue weighted by atomic mass is 10.1. The Morgan fingerprint density at radius 1 is 1.19 bits per heavy atom.